The molecule has 3 atom stereocenters. The summed E-state index contributed by atoms with van der Waals surface area (Å²) in [5.74, 6) is -0.996. The standard InChI is InChI=1S/C20H26F2N4O2/c1-20(2,27)11-26-8-12-7-25(9-18(12)24-26)14-6-17(23)19(28-10-14)15-5-13(21)3-4-16(15)22/h3-5,8,14,17,19,27H,6-7,9-11,23H2,1-2H3/t14-,17+,19?/m1/s1. The van der Waals surface area contributed by atoms with Gasteiger partial charge in [0.1, 0.15) is 17.7 Å². The van der Waals surface area contributed by atoms with Crippen molar-refractivity contribution < 1.29 is 18.6 Å². The van der Waals surface area contributed by atoms with Gasteiger partial charge in [-0.3, -0.25) is 9.58 Å². The van der Waals surface area contributed by atoms with E-state index < -0.39 is 29.4 Å². The Morgan fingerprint density at radius 1 is 1.32 bits per heavy atom. The molecule has 0 spiro atoms. The van der Waals surface area contributed by atoms with E-state index in [1.165, 1.54) is 0 Å². The van der Waals surface area contributed by atoms with E-state index >= 15 is 0 Å². The predicted octanol–water partition coefficient (Wildman–Crippen LogP) is 2.11. The molecule has 0 bridgehead atoms. The van der Waals surface area contributed by atoms with Crippen LogP contribution in [0.1, 0.15) is 43.2 Å². The monoisotopic (exact) mass is 392 g/mol. The number of aromatic nitrogens is 2. The molecular formula is C20H26F2N4O2. The van der Waals surface area contributed by atoms with Gasteiger partial charge in [-0.1, -0.05) is 0 Å². The quantitative estimate of drug-likeness (QED) is 0.834. The normalized spacial score (nSPS) is 25.9. The van der Waals surface area contributed by atoms with Gasteiger partial charge < -0.3 is 15.6 Å². The Morgan fingerprint density at radius 3 is 2.79 bits per heavy atom. The maximum atomic E-state index is 14.1. The van der Waals surface area contributed by atoms with Crippen LogP contribution in [0, 0.1) is 11.6 Å². The number of hydrogen-bond donors (Lipinski definition) is 2. The van der Waals surface area contributed by atoms with Crippen LogP contribution in [0.4, 0.5) is 8.78 Å². The van der Waals surface area contributed by atoms with E-state index in [1.807, 2.05) is 6.20 Å². The van der Waals surface area contributed by atoms with Gasteiger partial charge >= 0.3 is 0 Å². The topological polar surface area (TPSA) is 76.5 Å². The summed E-state index contributed by atoms with van der Waals surface area (Å²) in [4.78, 5) is 2.25. The van der Waals surface area contributed by atoms with Crippen LogP contribution in [0.5, 0.6) is 0 Å². The van der Waals surface area contributed by atoms with Crippen molar-refractivity contribution in [1.29, 1.82) is 0 Å². The fraction of sp³-hybridized carbons (Fsp3) is 0.550. The summed E-state index contributed by atoms with van der Waals surface area (Å²) in [7, 11) is 0. The molecule has 0 radical (unpaired) electrons. The Kier molecular flexibility index (Phi) is 4.99. The van der Waals surface area contributed by atoms with Crippen molar-refractivity contribution >= 4 is 0 Å². The lowest BCUT2D eigenvalue weighted by Gasteiger charge is -2.38. The third-order valence-electron chi connectivity index (χ3n) is 5.38. The molecule has 6 nitrogen and oxygen atoms in total. The van der Waals surface area contributed by atoms with Gasteiger partial charge in [-0.2, -0.15) is 5.10 Å². The van der Waals surface area contributed by atoms with E-state index in [4.69, 9.17) is 10.5 Å². The Hall–Kier alpha value is -1.87. The average Bonchev–Trinajstić information content (AvgIpc) is 3.14. The third kappa shape index (κ3) is 3.96. The Morgan fingerprint density at radius 2 is 2.11 bits per heavy atom. The van der Waals surface area contributed by atoms with Crippen LogP contribution < -0.4 is 5.73 Å². The highest BCUT2D eigenvalue weighted by molar-refractivity contribution is 5.24. The van der Waals surface area contributed by atoms with Gasteiger partial charge in [0.2, 0.25) is 0 Å². The Labute approximate surface area is 162 Å². The first-order chi connectivity index (χ1) is 13.2. The molecule has 2 aliphatic rings. The van der Waals surface area contributed by atoms with Crippen LogP contribution >= 0.6 is 0 Å². The van der Waals surface area contributed by atoms with E-state index in [9.17, 15) is 13.9 Å². The van der Waals surface area contributed by atoms with Gasteiger partial charge in [0.05, 0.1) is 24.4 Å². The minimum Gasteiger partial charge on any atom is -0.389 e. The summed E-state index contributed by atoms with van der Waals surface area (Å²) in [5, 5.41) is 14.5. The molecule has 0 saturated carbocycles. The van der Waals surface area contributed by atoms with E-state index in [0.29, 0.717) is 26.1 Å². The van der Waals surface area contributed by atoms with E-state index in [-0.39, 0.29) is 11.6 Å². The lowest BCUT2D eigenvalue weighted by Crippen LogP contribution is -2.47. The number of nitrogens with zero attached hydrogens (tertiary/aromatic N) is 3. The zero-order valence-electron chi connectivity index (χ0n) is 16.1. The zero-order valence-corrected chi connectivity index (χ0v) is 16.1. The van der Waals surface area contributed by atoms with Gasteiger partial charge in [0.25, 0.3) is 0 Å². The Bertz CT molecular complexity index is 841. The number of rotatable bonds is 4. The van der Waals surface area contributed by atoms with Crippen LogP contribution in [-0.4, -0.2) is 44.1 Å². The SMILES string of the molecule is CC(C)(O)Cn1cc2c(n1)CN([C@H]1COC(c3cc(F)ccc3F)[C@@H](N)C1)C2. The molecule has 1 fully saturated rings. The summed E-state index contributed by atoms with van der Waals surface area (Å²) < 4.78 is 35.2. The molecule has 1 aromatic heterocycles. The number of ether oxygens (including phenoxy) is 1. The largest absolute Gasteiger partial charge is 0.389 e. The second kappa shape index (κ2) is 7.18. The van der Waals surface area contributed by atoms with Crippen LogP contribution in [0.25, 0.3) is 0 Å². The average molecular weight is 392 g/mol. The van der Waals surface area contributed by atoms with Crippen LogP contribution in [-0.2, 0) is 24.4 Å². The highest BCUT2D eigenvalue weighted by Gasteiger charge is 2.37. The summed E-state index contributed by atoms with van der Waals surface area (Å²) in [5.41, 5.74) is 7.77. The van der Waals surface area contributed by atoms with Crippen molar-refractivity contribution in [3.63, 3.8) is 0 Å². The first-order valence-electron chi connectivity index (χ1n) is 9.53. The summed E-state index contributed by atoms with van der Waals surface area (Å²) in [6.07, 6.45) is 1.96. The molecule has 1 saturated heterocycles. The molecule has 1 unspecified atom stereocenters. The fourth-order valence-corrected chi connectivity index (χ4v) is 4.12. The zero-order chi connectivity index (χ0) is 20.1. The van der Waals surface area contributed by atoms with Crippen LogP contribution in [0.2, 0.25) is 0 Å². The van der Waals surface area contributed by atoms with Gasteiger partial charge in [-0.05, 0) is 38.5 Å². The predicted molar refractivity (Wildman–Crippen MR) is 99.2 cm³/mol. The number of benzene rings is 1. The molecule has 152 valence electrons. The second-order valence-electron chi connectivity index (χ2n) is 8.49. The molecule has 0 aliphatic carbocycles. The van der Waals surface area contributed by atoms with E-state index in [1.54, 1.807) is 18.5 Å². The first kappa shape index (κ1) is 19.4. The summed E-state index contributed by atoms with van der Waals surface area (Å²) >= 11 is 0. The number of fused-ring (bicyclic) bond motifs is 1. The van der Waals surface area contributed by atoms with Crippen LogP contribution in [0.3, 0.4) is 0 Å². The van der Waals surface area contributed by atoms with Crippen molar-refractivity contribution in [3.8, 4) is 0 Å². The molecule has 1 aromatic carbocycles. The lowest BCUT2D eigenvalue weighted by atomic mass is 9.93. The van der Waals surface area contributed by atoms with E-state index in [0.717, 1.165) is 36.0 Å². The van der Waals surface area contributed by atoms with Gasteiger partial charge in [0, 0.05) is 42.5 Å². The highest BCUT2D eigenvalue weighted by atomic mass is 19.1. The van der Waals surface area contributed by atoms with E-state index in [2.05, 4.69) is 10.00 Å². The molecular weight excluding hydrogens is 366 g/mol. The molecule has 4 rings (SSSR count). The minimum absolute atomic E-state index is 0.0970. The minimum atomic E-state index is -0.815. The molecule has 0 amide bonds. The number of hydrogen-bond acceptors (Lipinski definition) is 5. The maximum absolute atomic E-state index is 14.1. The number of aliphatic hydroxyl groups is 1. The molecule has 8 heteroatoms. The van der Waals surface area contributed by atoms with Crippen molar-refractivity contribution in [2.24, 2.45) is 5.73 Å². The molecule has 28 heavy (non-hydrogen) atoms. The number of nitrogens with two attached hydrogens (primary N) is 1. The van der Waals surface area contributed by atoms with Gasteiger partial charge in [0.15, 0.2) is 0 Å². The fourth-order valence-electron chi connectivity index (χ4n) is 4.12. The van der Waals surface area contributed by atoms with Crippen LogP contribution in [0.15, 0.2) is 24.4 Å². The summed E-state index contributed by atoms with van der Waals surface area (Å²) in [6.45, 7) is 5.78. The number of halogens is 2. The smallest absolute Gasteiger partial charge is 0.129 e. The molecule has 2 aromatic rings. The molecule has 3 N–H and O–H groups in total. The Balaban J connectivity index is 1.40. The van der Waals surface area contributed by atoms with Crippen molar-refractivity contribution in [3.05, 3.63) is 52.9 Å². The van der Waals surface area contributed by atoms with Gasteiger partial charge in [-0.15, -0.1) is 0 Å². The maximum Gasteiger partial charge on any atom is 0.129 e. The molecule has 3 heterocycles. The van der Waals surface area contributed by atoms with Crippen molar-refractivity contribution in [2.75, 3.05) is 6.61 Å². The lowest BCUT2D eigenvalue weighted by molar-refractivity contribution is -0.0534. The molecule has 2 aliphatic heterocycles. The van der Waals surface area contributed by atoms with Crippen molar-refractivity contribution in [2.45, 2.75) is 63.7 Å². The van der Waals surface area contributed by atoms with Crippen molar-refractivity contribution in [1.82, 2.24) is 14.7 Å². The van der Waals surface area contributed by atoms with Gasteiger partial charge in [-0.25, -0.2) is 8.78 Å². The first-order valence-corrected chi connectivity index (χ1v) is 9.53. The second-order valence-corrected chi connectivity index (χ2v) is 8.49. The highest BCUT2D eigenvalue weighted by Crippen LogP contribution is 2.34. The third-order valence-corrected chi connectivity index (χ3v) is 5.38. The summed E-state index contributed by atoms with van der Waals surface area (Å²) in [6, 6.07) is 3.04.